The van der Waals surface area contributed by atoms with Gasteiger partial charge in [0.05, 0.1) is 40.7 Å². The Hall–Kier alpha value is -3.71. The van der Waals surface area contributed by atoms with Gasteiger partial charge in [-0.05, 0) is 38.4 Å². The number of hydrogen-bond acceptors (Lipinski definition) is 7. The van der Waals surface area contributed by atoms with Crippen LogP contribution in [-0.4, -0.2) is 55.7 Å². The van der Waals surface area contributed by atoms with Crippen molar-refractivity contribution in [2.45, 2.75) is 12.5 Å². The fourth-order valence-corrected chi connectivity index (χ4v) is 3.86. The first-order valence-corrected chi connectivity index (χ1v) is 11.7. The number of nitriles is 1. The number of nitrogens with one attached hydrogen (secondary N) is 2. The van der Waals surface area contributed by atoms with Crippen LogP contribution >= 0.6 is 11.6 Å². The zero-order valence-electron chi connectivity index (χ0n) is 19.8. The number of ether oxygens (including phenoxy) is 2. The van der Waals surface area contributed by atoms with Crippen molar-refractivity contribution in [3.63, 3.8) is 0 Å². The van der Waals surface area contributed by atoms with E-state index in [2.05, 4.69) is 21.7 Å². The van der Waals surface area contributed by atoms with E-state index in [4.69, 9.17) is 21.1 Å². The van der Waals surface area contributed by atoms with E-state index in [0.717, 1.165) is 6.42 Å². The summed E-state index contributed by atoms with van der Waals surface area (Å²) in [5, 5.41) is 16.3. The predicted molar refractivity (Wildman–Crippen MR) is 137 cm³/mol. The Morgan fingerprint density at radius 1 is 1.39 bits per heavy atom. The number of nitrogens with zero attached hydrogens (tertiary/aromatic N) is 3. The first kappa shape index (κ1) is 25.4. The van der Waals surface area contributed by atoms with Crippen molar-refractivity contribution in [1.82, 2.24) is 9.88 Å². The van der Waals surface area contributed by atoms with E-state index in [-0.39, 0.29) is 22.6 Å². The summed E-state index contributed by atoms with van der Waals surface area (Å²) in [5.74, 6) is -0.430. The molecule has 186 valence electrons. The molecule has 0 saturated carbocycles. The minimum Gasteiger partial charge on any atom is -0.486 e. The minimum atomic E-state index is -0.549. The van der Waals surface area contributed by atoms with E-state index < -0.39 is 5.82 Å². The maximum absolute atomic E-state index is 13.7. The summed E-state index contributed by atoms with van der Waals surface area (Å²) in [6.45, 7) is 1.66. The lowest BCUT2D eigenvalue weighted by molar-refractivity contribution is -0.111. The summed E-state index contributed by atoms with van der Waals surface area (Å²) < 4.78 is 25.2. The van der Waals surface area contributed by atoms with Crippen LogP contribution in [0.1, 0.15) is 12.0 Å². The van der Waals surface area contributed by atoms with Crippen LogP contribution in [0.4, 0.5) is 21.5 Å². The van der Waals surface area contributed by atoms with Crippen LogP contribution in [0, 0.1) is 17.1 Å². The number of fused-ring (bicyclic) bond motifs is 1. The van der Waals surface area contributed by atoms with Crippen molar-refractivity contribution in [2.75, 3.05) is 44.5 Å². The number of halogens is 2. The Bertz CT molecular complexity index is 1350. The van der Waals surface area contributed by atoms with Gasteiger partial charge in [-0.2, -0.15) is 5.26 Å². The third-order valence-corrected chi connectivity index (χ3v) is 5.75. The number of anilines is 3. The van der Waals surface area contributed by atoms with Gasteiger partial charge in [-0.1, -0.05) is 17.7 Å². The molecule has 3 aromatic rings. The van der Waals surface area contributed by atoms with E-state index in [1.807, 2.05) is 19.0 Å². The Morgan fingerprint density at radius 2 is 2.22 bits per heavy atom. The molecule has 0 spiro atoms. The van der Waals surface area contributed by atoms with Gasteiger partial charge in [0.2, 0.25) is 5.91 Å². The fraction of sp³-hybridized carbons (Fsp3) is 0.269. The van der Waals surface area contributed by atoms with Gasteiger partial charge >= 0.3 is 0 Å². The number of carbonyl (C=O) groups is 1. The molecule has 1 saturated heterocycles. The second kappa shape index (κ2) is 11.4. The molecule has 0 aliphatic carbocycles. The summed E-state index contributed by atoms with van der Waals surface area (Å²) in [4.78, 5) is 19.0. The Kier molecular flexibility index (Phi) is 8.00. The highest BCUT2D eigenvalue weighted by atomic mass is 35.5. The van der Waals surface area contributed by atoms with Gasteiger partial charge in [0.25, 0.3) is 0 Å². The van der Waals surface area contributed by atoms with Gasteiger partial charge in [-0.3, -0.25) is 9.78 Å². The highest BCUT2D eigenvalue weighted by molar-refractivity contribution is 6.31. The molecular weight excluding hydrogens is 485 g/mol. The van der Waals surface area contributed by atoms with Crippen molar-refractivity contribution >= 4 is 45.5 Å². The van der Waals surface area contributed by atoms with Crippen LogP contribution in [0.5, 0.6) is 5.75 Å². The van der Waals surface area contributed by atoms with Gasteiger partial charge in [0.15, 0.2) is 0 Å². The second-order valence-electron chi connectivity index (χ2n) is 8.54. The maximum Gasteiger partial charge on any atom is 0.248 e. The average Bonchev–Trinajstić information content (AvgIpc) is 3.35. The SMILES string of the molecule is CN(C)CC=CC(=O)Nc1cc2c(Nc3ccc(F)c(Cl)c3)c(C#N)cnc2cc1OC1CCOC1. The first-order chi connectivity index (χ1) is 17.3. The van der Waals surface area contributed by atoms with Gasteiger partial charge < -0.3 is 25.0 Å². The fourth-order valence-electron chi connectivity index (χ4n) is 3.68. The quantitative estimate of drug-likeness (QED) is 0.418. The summed E-state index contributed by atoms with van der Waals surface area (Å²) in [6.07, 6.45) is 5.23. The molecule has 1 aromatic heterocycles. The molecule has 0 bridgehead atoms. The van der Waals surface area contributed by atoms with Crippen LogP contribution < -0.4 is 15.4 Å². The molecule has 0 radical (unpaired) electrons. The number of hydrogen-bond donors (Lipinski definition) is 2. The minimum absolute atomic E-state index is 0.0520. The number of likely N-dealkylation sites (N-methyl/N-ethyl adjacent to an activating group) is 1. The number of amides is 1. The van der Waals surface area contributed by atoms with Crippen molar-refractivity contribution in [2.24, 2.45) is 0 Å². The molecule has 1 fully saturated rings. The maximum atomic E-state index is 13.7. The first-order valence-electron chi connectivity index (χ1n) is 11.3. The van der Waals surface area contributed by atoms with E-state index in [0.29, 0.717) is 53.5 Å². The highest BCUT2D eigenvalue weighted by Gasteiger charge is 2.21. The average molecular weight is 510 g/mol. The Balaban J connectivity index is 1.76. The molecule has 2 N–H and O–H groups in total. The lowest BCUT2D eigenvalue weighted by atomic mass is 10.1. The van der Waals surface area contributed by atoms with E-state index in [1.54, 1.807) is 18.2 Å². The highest BCUT2D eigenvalue weighted by Crippen LogP contribution is 2.37. The summed E-state index contributed by atoms with van der Waals surface area (Å²) >= 11 is 5.94. The van der Waals surface area contributed by atoms with Gasteiger partial charge in [0.1, 0.15) is 23.7 Å². The standard InChI is InChI=1S/C26H25ClFN5O3/c1-33(2)8-3-4-25(34)32-23-11-19-22(12-24(23)36-18-7-9-35-15-18)30-14-16(13-29)26(19)31-17-5-6-21(28)20(27)10-17/h3-6,10-12,14,18H,7-9,15H2,1-2H3,(H,30,31)(H,32,34). The van der Waals surface area contributed by atoms with Crippen LogP contribution in [0.15, 0.2) is 48.7 Å². The normalized spacial score (nSPS) is 15.4. The molecule has 2 aromatic carbocycles. The number of pyridine rings is 1. The molecule has 2 heterocycles. The van der Waals surface area contributed by atoms with Gasteiger partial charge in [0, 0.05) is 42.4 Å². The van der Waals surface area contributed by atoms with Crippen molar-refractivity contribution < 1.29 is 18.7 Å². The van der Waals surface area contributed by atoms with Gasteiger partial charge in [-0.15, -0.1) is 0 Å². The molecule has 1 amide bonds. The second-order valence-corrected chi connectivity index (χ2v) is 8.94. The van der Waals surface area contributed by atoms with Crippen LogP contribution in [0.2, 0.25) is 5.02 Å². The summed E-state index contributed by atoms with van der Waals surface area (Å²) in [7, 11) is 3.81. The topological polar surface area (TPSA) is 99.5 Å². The summed E-state index contributed by atoms with van der Waals surface area (Å²) in [6, 6.07) is 9.74. The molecule has 1 unspecified atom stereocenters. The van der Waals surface area contributed by atoms with Crippen molar-refractivity contribution in [3.05, 3.63) is 65.1 Å². The zero-order chi connectivity index (χ0) is 25.7. The smallest absolute Gasteiger partial charge is 0.248 e. The largest absolute Gasteiger partial charge is 0.486 e. The molecule has 10 heteroatoms. The van der Waals surface area contributed by atoms with Crippen LogP contribution in [-0.2, 0) is 9.53 Å². The third-order valence-electron chi connectivity index (χ3n) is 5.46. The number of carbonyl (C=O) groups excluding carboxylic acids is 1. The third kappa shape index (κ3) is 6.10. The van der Waals surface area contributed by atoms with Crippen molar-refractivity contribution in [3.8, 4) is 11.8 Å². The number of aromatic nitrogens is 1. The molecule has 1 aliphatic rings. The Labute approximate surface area is 213 Å². The van der Waals surface area contributed by atoms with Crippen molar-refractivity contribution in [1.29, 1.82) is 5.26 Å². The van der Waals surface area contributed by atoms with E-state index >= 15 is 0 Å². The Morgan fingerprint density at radius 3 is 2.92 bits per heavy atom. The predicted octanol–water partition coefficient (Wildman–Crippen LogP) is 4.87. The molecule has 1 atom stereocenters. The zero-order valence-corrected chi connectivity index (χ0v) is 20.6. The van der Waals surface area contributed by atoms with Gasteiger partial charge in [-0.25, -0.2) is 4.39 Å². The monoisotopic (exact) mass is 509 g/mol. The number of rotatable bonds is 8. The number of benzene rings is 2. The van der Waals surface area contributed by atoms with Crippen LogP contribution in [0.25, 0.3) is 10.9 Å². The van der Waals surface area contributed by atoms with Crippen LogP contribution in [0.3, 0.4) is 0 Å². The molecule has 8 nitrogen and oxygen atoms in total. The van der Waals surface area contributed by atoms with E-state index in [9.17, 15) is 14.4 Å². The molecule has 4 rings (SSSR count). The summed E-state index contributed by atoms with van der Waals surface area (Å²) in [5.41, 5.74) is 2.17. The van der Waals surface area contributed by atoms with E-state index in [1.165, 1.54) is 30.5 Å². The molecule has 1 aliphatic heterocycles. The lowest BCUT2D eigenvalue weighted by Gasteiger charge is -2.18. The lowest BCUT2D eigenvalue weighted by Crippen LogP contribution is -2.18. The molecule has 36 heavy (non-hydrogen) atoms. The molecular formula is C26H25ClFN5O3.